The predicted octanol–water partition coefficient (Wildman–Crippen LogP) is 3.36. The first-order valence-corrected chi connectivity index (χ1v) is 12.9. The third-order valence-corrected chi connectivity index (χ3v) is 8.05. The molecule has 1 spiro atoms. The second-order valence-electron chi connectivity index (χ2n) is 9.03. The Hall–Kier alpha value is -2.35. The summed E-state index contributed by atoms with van der Waals surface area (Å²) in [4.78, 5) is 42.2. The van der Waals surface area contributed by atoms with Gasteiger partial charge in [0.1, 0.15) is 5.54 Å². The number of imide groups is 1. The van der Waals surface area contributed by atoms with E-state index in [-0.39, 0.29) is 23.8 Å². The van der Waals surface area contributed by atoms with Crippen molar-refractivity contribution in [1.82, 2.24) is 10.2 Å². The van der Waals surface area contributed by atoms with Gasteiger partial charge in [0.2, 0.25) is 17.7 Å². The van der Waals surface area contributed by atoms with Gasteiger partial charge in [-0.15, -0.1) is 0 Å². The van der Waals surface area contributed by atoms with Gasteiger partial charge >= 0.3 is 0 Å². The molecular weight excluding hydrogens is 458 g/mol. The van der Waals surface area contributed by atoms with E-state index in [0.29, 0.717) is 35.7 Å². The molecule has 2 aromatic carbocycles. The summed E-state index contributed by atoms with van der Waals surface area (Å²) in [7, 11) is 0. The maximum atomic E-state index is 13.8. The predicted molar refractivity (Wildman–Crippen MR) is 130 cm³/mol. The number of halogens is 1. The second-order valence-corrected chi connectivity index (χ2v) is 10.4. The summed E-state index contributed by atoms with van der Waals surface area (Å²) < 4.78 is 0. The lowest BCUT2D eigenvalue weighted by Gasteiger charge is -2.29. The Kier molecular flexibility index (Phi) is 5.75. The van der Waals surface area contributed by atoms with Gasteiger partial charge in [-0.05, 0) is 49.0 Å². The number of thioether (sulfide) groups is 1. The summed E-state index contributed by atoms with van der Waals surface area (Å²) >= 11 is 8.15. The highest BCUT2D eigenvalue weighted by Gasteiger charge is 2.70. The van der Waals surface area contributed by atoms with Crippen molar-refractivity contribution in [3.8, 4) is 0 Å². The first-order chi connectivity index (χ1) is 15.9. The minimum atomic E-state index is -1.28. The van der Waals surface area contributed by atoms with E-state index in [0.717, 1.165) is 16.9 Å². The normalized spacial score (nSPS) is 27.9. The van der Waals surface area contributed by atoms with Crippen LogP contribution in [-0.4, -0.2) is 47.2 Å². The van der Waals surface area contributed by atoms with Crippen molar-refractivity contribution in [3.05, 3.63) is 64.2 Å². The molecule has 2 saturated heterocycles. The third kappa shape index (κ3) is 3.40. The number of benzene rings is 2. The van der Waals surface area contributed by atoms with E-state index in [2.05, 4.69) is 10.6 Å². The SMILES string of the molecule is CSCCC1NC2(C(=O)Nc3c(Cl)cc(C)cc32)[C@@H]2C(=O)N(CCc3ccccc3)C(=O)[C@H]12. The van der Waals surface area contributed by atoms with Crippen LogP contribution in [-0.2, 0) is 26.3 Å². The van der Waals surface area contributed by atoms with Gasteiger partial charge in [0.05, 0.1) is 22.5 Å². The number of amides is 3. The lowest BCUT2D eigenvalue weighted by Crippen LogP contribution is -2.53. The largest absolute Gasteiger partial charge is 0.323 e. The van der Waals surface area contributed by atoms with Gasteiger partial charge in [-0.1, -0.05) is 48.0 Å². The molecule has 0 bridgehead atoms. The molecule has 0 saturated carbocycles. The number of fused-ring (bicyclic) bond motifs is 4. The molecular formula is C25H26ClN3O3S. The standard InChI is InChI=1S/C25H26ClN3O3S/c1-14-12-16-21(17(26)13-14)27-24(32)25(16)20-19(18(28-25)9-11-33-2)22(30)29(23(20)31)10-8-15-6-4-3-5-7-15/h3-7,12-13,18-20,28H,8-11H2,1-2H3,(H,27,32)/t18?,19-,20+,25?/m1/s1. The van der Waals surface area contributed by atoms with Crippen molar-refractivity contribution in [2.45, 2.75) is 31.3 Å². The van der Waals surface area contributed by atoms with Crippen molar-refractivity contribution < 1.29 is 14.4 Å². The number of hydrogen-bond donors (Lipinski definition) is 2. The van der Waals surface area contributed by atoms with Crippen LogP contribution < -0.4 is 10.6 Å². The fourth-order valence-electron chi connectivity index (χ4n) is 5.65. The molecule has 0 aliphatic carbocycles. The van der Waals surface area contributed by atoms with Gasteiger partial charge in [-0.25, -0.2) is 0 Å². The van der Waals surface area contributed by atoms with Crippen LogP contribution >= 0.6 is 23.4 Å². The quantitative estimate of drug-likeness (QED) is 0.616. The molecule has 0 aromatic heterocycles. The number of hydrogen-bond acceptors (Lipinski definition) is 5. The molecule has 4 atom stereocenters. The van der Waals surface area contributed by atoms with Crippen molar-refractivity contribution in [2.24, 2.45) is 11.8 Å². The van der Waals surface area contributed by atoms with Crippen LogP contribution in [0.25, 0.3) is 0 Å². The van der Waals surface area contributed by atoms with E-state index in [1.165, 1.54) is 4.90 Å². The van der Waals surface area contributed by atoms with Crippen LogP contribution in [0.5, 0.6) is 0 Å². The fourth-order valence-corrected chi connectivity index (χ4v) is 6.46. The van der Waals surface area contributed by atoms with Crippen LogP contribution in [0.1, 0.15) is 23.1 Å². The van der Waals surface area contributed by atoms with Crippen LogP contribution in [0.2, 0.25) is 5.02 Å². The highest BCUT2D eigenvalue weighted by molar-refractivity contribution is 7.98. The Morgan fingerprint density at radius 2 is 1.88 bits per heavy atom. The van der Waals surface area contributed by atoms with Crippen LogP contribution in [0.15, 0.2) is 42.5 Å². The van der Waals surface area contributed by atoms with E-state index >= 15 is 0 Å². The van der Waals surface area contributed by atoms with E-state index in [1.807, 2.05) is 49.6 Å². The van der Waals surface area contributed by atoms with Gasteiger partial charge < -0.3 is 5.32 Å². The molecule has 3 amide bonds. The molecule has 2 fully saturated rings. The van der Waals surface area contributed by atoms with Gasteiger partial charge in [0.25, 0.3) is 0 Å². The van der Waals surface area contributed by atoms with Crippen molar-refractivity contribution in [3.63, 3.8) is 0 Å². The maximum absolute atomic E-state index is 13.8. The lowest BCUT2D eigenvalue weighted by atomic mass is 9.76. The summed E-state index contributed by atoms with van der Waals surface area (Å²) in [5.41, 5.74) is 1.89. The monoisotopic (exact) mass is 483 g/mol. The Balaban J connectivity index is 1.55. The summed E-state index contributed by atoms with van der Waals surface area (Å²) in [5.74, 6) is -1.30. The summed E-state index contributed by atoms with van der Waals surface area (Å²) in [6, 6.07) is 13.2. The molecule has 3 heterocycles. The zero-order valence-electron chi connectivity index (χ0n) is 18.6. The molecule has 2 N–H and O–H groups in total. The molecule has 3 aliphatic heterocycles. The molecule has 3 aliphatic rings. The van der Waals surface area contributed by atoms with E-state index in [4.69, 9.17) is 11.6 Å². The number of likely N-dealkylation sites (tertiary alicyclic amines) is 1. The van der Waals surface area contributed by atoms with Crippen molar-refractivity contribution in [2.75, 3.05) is 23.9 Å². The maximum Gasteiger partial charge on any atom is 0.250 e. The molecule has 33 heavy (non-hydrogen) atoms. The Bertz CT molecular complexity index is 1140. The summed E-state index contributed by atoms with van der Waals surface area (Å²) in [6.07, 6.45) is 3.29. The zero-order valence-corrected chi connectivity index (χ0v) is 20.1. The number of carbonyl (C=O) groups is 3. The first-order valence-electron chi connectivity index (χ1n) is 11.2. The molecule has 172 valence electrons. The van der Waals surface area contributed by atoms with E-state index in [9.17, 15) is 14.4 Å². The van der Waals surface area contributed by atoms with E-state index in [1.54, 1.807) is 17.8 Å². The zero-order chi connectivity index (χ0) is 23.3. The third-order valence-electron chi connectivity index (χ3n) is 7.11. The topological polar surface area (TPSA) is 78.5 Å². The Labute approximate surface area is 202 Å². The molecule has 6 nitrogen and oxygen atoms in total. The van der Waals surface area contributed by atoms with Gasteiger partial charge in [-0.3, -0.25) is 24.6 Å². The highest BCUT2D eigenvalue weighted by atomic mass is 35.5. The average molecular weight is 484 g/mol. The van der Waals surface area contributed by atoms with E-state index < -0.39 is 17.4 Å². The van der Waals surface area contributed by atoms with Gasteiger partial charge in [-0.2, -0.15) is 11.8 Å². The summed E-state index contributed by atoms with van der Waals surface area (Å²) in [5, 5.41) is 6.81. The average Bonchev–Trinajstić information content (AvgIpc) is 3.37. The molecule has 0 radical (unpaired) electrons. The number of rotatable bonds is 6. The number of aryl methyl sites for hydroxylation is 1. The number of nitrogens with one attached hydrogen (secondary N) is 2. The van der Waals surface area contributed by atoms with Gasteiger partial charge in [0, 0.05) is 18.2 Å². The molecule has 2 aromatic rings. The number of carbonyl (C=O) groups excluding carboxylic acids is 3. The Morgan fingerprint density at radius 1 is 1.12 bits per heavy atom. The molecule has 5 rings (SSSR count). The Morgan fingerprint density at radius 3 is 2.61 bits per heavy atom. The van der Waals surface area contributed by atoms with Crippen LogP contribution in [0.3, 0.4) is 0 Å². The summed E-state index contributed by atoms with van der Waals surface area (Å²) in [6.45, 7) is 2.22. The minimum Gasteiger partial charge on any atom is -0.323 e. The smallest absolute Gasteiger partial charge is 0.250 e. The second kappa shape index (κ2) is 8.46. The molecule has 8 heteroatoms. The number of anilines is 1. The molecule has 2 unspecified atom stereocenters. The van der Waals surface area contributed by atoms with Gasteiger partial charge in [0.15, 0.2) is 0 Å². The first kappa shape index (κ1) is 22.4. The van der Waals surface area contributed by atoms with Crippen molar-refractivity contribution >= 4 is 46.8 Å². The van der Waals surface area contributed by atoms with Crippen LogP contribution in [0, 0.1) is 18.8 Å². The van der Waals surface area contributed by atoms with Crippen LogP contribution in [0.4, 0.5) is 5.69 Å². The van der Waals surface area contributed by atoms with Crippen molar-refractivity contribution in [1.29, 1.82) is 0 Å². The minimum absolute atomic E-state index is 0.184. The lowest BCUT2D eigenvalue weighted by molar-refractivity contribution is -0.142. The number of nitrogens with zero attached hydrogens (tertiary/aromatic N) is 1. The highest BCUT2D eigenvalue weighted by Crippen LogP contribution is 2.54. The fraction of sp³-hybridized carbons (Fsp3) is 0.400.